The molecule has 2 aliphatic rings. The molecule has 1 aromatic carbocycles. The van der Waals surface area contributed by atoms with Crippen molar-refractivity contribution >= 4 is 45.6 Å². The number of fused-ring (bicyclic) bond motifs is 1. The fraction of sp³-hybridized carbons (Fsp3) is 0.500. The Kier molecular flexibility index (Phi) is 4.66. The Morgan fingerprint density at radius 2 is 2.23 bits per heavy atom. The summed E-state index contributed by atoms with van der Waals surface area (Å²) in [5.74, 6) is 0.787. The first-order valence-electron chi connectivity index (χ1n) is 7.72. The molecule has 0 bridgehead atoms. The van der Waals surface area contributed by atoms with Crippen LogP contribution in [0.15, 0.2) is 18.2 Å². The molecule has 4 rings (SSSR count). The molecule has 1 aromatic heterocycles. The van der Waals surface area contributed by atoms with Crippen molar-refractivity contribution in [1.29, 1.82) is 0 Å². The third-order valence-corrected chi connectivity index (χ3v) is 5.39. The molecule has 1 aliphatic heterocycles. The molecule has 2 heterocycles. The maximum Gasteiger partial charge on any atom is 0.225 e. The summed E-state index contributed by atoms with van der Waals surface area (Å²) >= 11 is 1.77. The van der Waals surface area contributed by atoms with Gasteiger partial charge in [0.05, 0.1) is 15.2 Å². The van der Waals surface area contributed by atoms with Gasteiger partial charge in [0.1, 0.15) is 0 Å². The van der Waals surface area contributed by atoms with Crippen LogP contribution in [0.5, 0.6) is 0 Å². The molecule has 1 aliphatic carbocycles. The Bertz CT molecular complexity index is 677. The van der Waals surface area contributed by atoms with Crippen LogP contribution in [0.2, 0.25) is 0 Å². The highest BCUT2D eigenvalue weighted by atomic mass is 35.5. The second kappa shape index (κ2) is 6.52. The number of carbonyl (C=O) groups excluding carboxylic acids is 1. The van der Waals surface area contributed by atoms with Gasteiger partial charge in [-0.3, -0.25) is 4.79 Å². The lowest BCUT2D eigenvalue weighted by atomic mass is 10.1. The number of amides is 1. The number of rotatable bonds is 4. The van der Waals surface area contributed by atoms with E-state index in [1.807, 2.05) is 12.1 Å². The zero-order chi connectivity index (χ0) is 14.2. The Labute approximate surface area is 140 Å². The van der Waals surface area contributed by atoms with E-state index >= 15 is 0 Å². The van der Waals surface area contributed by atoms with Crippen LogP contribution in [0.1, 0.15) is 43.0 Å². The summed E-state index contributed by atoms with van der Waals surface area (Å²) in [5.41, 5.74) is 1.94. The summed E-state index contributed by atoms with van der Waals surface area (Å²) < 4.78 is 1.17. The largest absolute Gasteiger partial charge is 0.326 e. The minimum absolute atomic E-state index is 0. The van der Waals surface area contributed by atoms with Crippen molar-refractivity contribution in [2.75, 3.05) is 11.9 Å². The summed E-state index contributed by atoms with van der Waals surface area (Å²) in [6, 6.07) is 6.37. The number of hydrogen-bond donors (Lipinski definition) is 2. The van der Waals surface area contributed by atoms with Gasteiger partial charge in [-0.25, -0.2) is 4.98 Å². The minimum Gasteiger partial charge on any atom is -0.326 e. The molecule has 1 saturated carbocycles. The molecule has 22 heavy (non-hydrogen) atoms. The Balaban J connectivity index is 0.00000144. The molecule has 1 amide bonds. The van der Waals surface area contributed by atoms with E-state index in [0.29, 0.717) is 18.4 Å². The van der Waals surface area contributed by atoms with Crippen molar-refractivity contribution in [2.45, 2.75) is 44.1 Å². The highest BCUT2D eigenvalue weighted by Gasteiger charge is 2.27. The van der Waals surface area contributed by atoms with Gasteiger partial charge in [0, 0.05) is 24.1 Å². The highest BCUT2D eigenvalue weighted by Crippen LogP contribution is 2.43. The van der Waals surface area contributed by atoms with Crippen LogP contribution in [0, 0.1) is 0 Å². The third kappa shape index (κ3) is 3.42. The Hall–Kier alpha value is -1.17. The molecule has 2 N–H and O–H groups in total. The quantitative estimate of drug-likeness (QED) is 0.894. The SMILES string of the molecule is Cl.O=C(CC1CCCN1)Nc1ccc2nc(C3CC3)sc2c1. The second-order valence-electron chi connectivity index (χ2n) is 6.05. The van der Waals surface area contributed by atoms with E-state index in [4.69, 9.17) is 0 Å². The fourth-order valence-corrected chi connectivity index (χ4v) is 4.07. The molecule has 2 fully saturated rings. The number of nitrogens with one attached hydrogen (secondary N) is 2. The van der Waals surface area contributed by atoms with Crippen molar-refractivity contribution in [3.63, 3.8) is 0 Å². The van der Waals surface area contributed by atoms with Gasteiger partial charge in [-0.15, -0.1) is 23.7 Å². The zero-order valence-corrected chi connectivity index (χ0v) is 13.9. The van der Waals surface area contributed by atoms with E-state index in [1.54, 1.807) is 11.3 Å². The van der Waals surface area contributed by atoms with Gasteiger partial charge in [0.15, 0.2) is 0 Å². The van der Waals surface area contributed by atoms with Gasteiger partial charge in [-0.1, -0.05) is 0 Å². The van der Waals surface area contributed by atoms with Gasteiger partial charge in [0.2, 0.25) is 5.91 Å². The van der Waals surface area contributed by atoms with E-state index < -0.39 is 0 Å². The predicted molar refractivity (Wildman–Crippen MR) is 93.1 cm³/mol. The minimum atomic E-state index is 0. The standard InChI is InChI=1S/C16H19N3OS.ClH/c20-15(9-11-2-1-7-17-11)18-12-5-6-13-14(8-12)21-16(19-13)10-3-4-10;/h5-6,8,10-11,17H,1-4,7,9H2,(H,18,20);1H. The average Bonchev–Trinajstić information content (AvgIpc) is 3.03. The number of hydrogen-bond acceptors (Lipinski definition) is 4. The predicted octanol–water partition coefficient (Wildman–Crippen LogP) is 3.68. The van der Waals surface area contributed by atoms with Crippen LogP contribution in [-0.2, 0) is 4.79 Å². The number of nitrogens with zero attached hydrogens (tertiary/aromatic N) is 1. The first kappa shape index (κ1) is 15.7. The topological polar surface area (TPSA) is 54.0 Å². The monoisotopic (exact) mass is 337 g/mol. The second-order valence-corrected chi connectivity index (χ2v) is 7.12. The zero-order valence-electron chi connectivity index (χ0n) is 12.3. The lowest BCUT2D eigenvalue weighted by molar-refractivity contribution is -0.116. The molecular weight excluding hydrogens is 318 g/mol. The maximum absolute atomic E-state index is 12.1. The lowest BCUT2D eigenvalue weighted by Gasteiger charge is -2.10. The molecule has 2 aromatic rings. The number of carbonyl (C=O) groups is 1. The summed E-state index contributed by atoms with van der Waals surface area (Å²) in [6.07, 6.45) is 5.39. The van der Waals surface area contributed by atoms with Gasteiger partial charge in [-0.2, -0.15) is 0 Å². The van der Waals surface area contributed by atoms with E-state index in [9.17, 15) is 4.79 Å². The fourth-order valence-electron chi connectivity index (χ4n) is 2.89. The van der Waals surface area contributed by atoms with Crippen molar-refractivity contribution < 1.29 is 4.79 Å². The molecular formula is C16H20ClN3OS. The first-order chi connectivity index (χ1) is 10.3. The van der Waals surface area contributed by atoms with Crippen LogP contribution in [0.3, 0.4) is 0 Å². The number of halogens is 1. The average molecular weight is 338 g/mol. The molecule has 0 radical (unpaired) electrons. The van der Waals surface area contributed by atoms with Crippen molar-refractivity contribution in [2.24, 2.45) is 0 Å². The smallest absolute Gasteiger partial charge is 0.225 e. The van der Waals surface area contributed by atoms with Gasteiger partial charge in [-0.05, 0) is 50.4 Å². The molecule has 6 heteroatoms. The molecule has 1 saturated heterocycles. The van der Waals surface area contributed by atoms with E-state index in [-0.39, 0.29) is 18.3 Å². The van der Waals surface area contributed by atoms with Gasteiger partial charge < -0.3 is 10.6 Å². The highest BCUT2D eigenvalue weighted by molar-refractivity contribution is 7.18. The van der Waals surface area contributed by atoms with Crippen molar-refractivity contribution in [1.82, 2.24) is 10.3 Å². The van der Waals surface area contributed by atoms with Crippen LogP contribution in [0.25, 0.3) is 10.2 Å². The Morgan fingerprint density at radius 1 is 1.36 bits per heavy atom. The molecule has 0 spiro atoms. The van der Waals surface area contributed by atoms with Crippen molar-refractivity contribution in [3.8, 4) is 0 Å². The number of aromatic nitrogens is 1. The van der Waals surface area contributed by atoms with Crippen molar-refractivity contribution in [3.05, 3.63) is 23.2 Å². The summed E-state index contributed by atoms with van der Waals surface area (Å²) in [6.45, 7) is 1.04. The lowest BCUT2D eigenvalue weighted by Crippen LogP contribution is -2.27. The van der Waals surface area contributed by atoms with Crippen LogP contribution in [-0.4, -0.2) is 23.5 Å². The maximum atomic E-state index is 12.1. The van der Waals surface area contributed by atoms with E-state index in [0.717, 1.165) is 24.2 Å². The molecule has 1 atom stereocenters. The van der Waals surface area contributed by atoms with Crippen LogP contribution in [0.4, 0.5) is 5.69 Å². The third-order valence-electron chi connectivity index (χ3n) is 4.21. The molecule has 118 valence electrons. The summed E-state index contributed by atoms with van der Waals surface area (Å²) in [7, 11) is 0. The molecule has 4 nitrogen and oxygen atoms in total. The van der Waals surface area contributed by atoms with Gasteiger partial charge >= 0.3 is 0 Å². The number of thiazole rings is 1. The Morgan fingerprint density at radius 3 is 2.95 bits per heavy atom. The normalized spacial score (nSPS) is 20.8. The summed E-state index contributed by atoms with van der Waals surface area (Å²) in [5, 5.41) is 7.63. The first-order valence-corrected chi connectivity index (χ1v) is 8.53. The number of benzene rings is 1. The molecule has 1 unspecified atom stereocenters. The summed E-state index contributed by atoms with van der Waals surface area (Å²) in [4.78, 5) is 16.7. The van der Waals surface area contributed by atoms with Crippen LogP contribution >= 0.6 is 23.7 Å². The van der Waals surface area contributed by atoms with E-state index in [1.165, 1.54) is 29.0 Å². The van der Waals surface area contributed by atoms with E-state index in [2.05, 4.69) is 21.7 Å². The van der Waals surface area contributed by atoms with Crippen LogP contribution < -0.4 is 10.6 Å². The van der Waals surface area contributed by atoms with Gasteiger partial charge in [0.25, 0.3) is 0 Å². The number of anilines is 1.